The van der Waals surface area contributed by atoms with E-state index in [-0.39, 0.29) is 0 Å². The molecule has 1 unspecified atom stereocenters. The van der Waals surface area contributed by atoms with Crippen molar-refractivity contribution in [2.24, 2.45) is 4.99 Å². The lowest BCUT2D eigenvalue weighted by molar-refractivity contribution is 0.691. The van der Waals surface area contributed by atoms with E-state index in [0.717, 1.165) is 32.1 Å². The van der Waals surface area contributed by atoms with Crippen molar-refractivity contribution in [2.45, 2.75) is 38.1 Å². The first kappa shape index (κ1) is 16.8. The second kappa shape index (κ2) is 6.73. The number of nitrogens with one attached hydrogen (secondary N) is 1. The van der Waals surface area contributed by atoms with Crippen LogP contribution in [-0.4, -0.2) is 11.8 Å². The highest BCUT2D eigenvalue weighted by Crippen LogP contribution is 2.33. The number of hydrogen-bond donors (Lipinski definition) is 1. The van der Waals surface area contributed by atoms with Crippen LogP contribution in [0.2, 0.25) is 0 Å². The molecule has 2 heteroatoms. The molecule has 1 aromatic carbocycles. The lowest BCUT2D eigenvalue weighted by atomic mass is 9.95. The molecule has 5 aliphatic rings. The lowest BCUT2D eigenvalue weighted by Gasteiger charge is -2.16. The Morgan fingerprint density at radius 3 is 2.93 bits per heavy atom. The van der Waals surface area contributed by atoms with E-state index in [2.05, 4.69) is 78.2 Å². The molecule has 0 fully saturated rings. The minimum atomic E-state index is 0.335. The molecule has 0 saturated heterocycles. The molecule has 2 heterocycles. The molecular formula is C27H24N2. The molecule has 2 aliphatic heterocycles. The normalized spacial score (nSPS) is 26.1. The SMILES string of the molecule is C1=CC2=CCC(=C3C=CC(CC4=CCC(c5ccc6c(c5)CC=C6)=N4)N3)C=C2C1. The molecule has 2 nitrogen and oxygen atoms in total. The Bertz CT molecular complexity index is 1140. The van der Waals surface area contributed by atoms with Crippen molar-refractivity contribution in [3.8, 4) is 0 Å². The summed E-state index contributed by atoms with van der Waals surface area (Å²) in [5.41, 5.74) is 12.0. The molecule has 0 amide bonds. The van der Waals surface area contributed by atoms with Crippen LogP contribution in [0.5, 0.6) is 0 Å². The van der Waals surface area contributed by atoms with Gasteiger partial charge in [-0.05, 0) is 64.8 Å². The molecule has 0 radical (unpaired) electrons. The lowest BCUT2D eigenvalue weighted by Crippen LogP contribution is -2.22. The van der Waals surface area contributed by atoms with Crippen molar-refractivity contribution in [1.29, 1.82) is 0 Å². The number of benzene rings is 1. The molecule has 0 aromatic heterocycles. The maximum atomic E-state index is 4.97. The second-order valence-electron chi connectivity index (χ2n) is 8.37. The van der Waals surface area contributed by atoms with Crippen LogP contribution in [0.4, 0.5) is 0 Å². The van der Waals surface area contributed by atoms with Crippen molar-refractivity contribution >= 4 is 11.8 Å². The number of nitrogens with zero attached hydrogens (tertiary/aromatic N) is 1. The van der Waals surface area contributed by atoms with Gasteiger partial charge in [0.05, 0.1) is 11.8 Å². The zero-order valence-electron chi connectivity index (χ0n) is 16.5. The van der Waals surface area contributed by atoms with Crippen molar-refractivity contribution in [2.75, 3.05) is 0 Å². The maximum absolute atomic E-state index is 4.97. The number of fused-ring (bicyclic) bond motifs is 2. The van der Waals surface area contributed by atoms with Gasteiger partial charge in [0.2, 0.25) is 0 Å². The highest BCUT2D eigenvalue weighted by Gasteiger charge is 2.21. The molecule has 1 aromatic rings. The van der Waals surface area contributed by atoms with Gasteiger partial charge >= 0.3 is 0 Å². The quantitative estimate of drug-likeness (QED) is 0.717. The third-order valence-electron chi connectivity index (χ3n) is 6.43. The van der Waals surface area contributed by atoms with Gasteiger partial charge in [-0.2, -0.15) is 0 Å². The van der Waals surface area contributed by atoms with Crippen LogP contribution in [0.25, 0.3) is 6.08 Å². The smallest absolute Gasteiger partial charge is 0.0517 e. The van der Waals surface area contributed by atoms with Crippen molar-refractivity contribution in [3.63, 3.8) is 0 Å². The fourth-order valence-corrected chi connectivity index (χ4v) is 4.84. The molecule has 142 valence electrons. The fraction of sp³-hybridized carbons (Fsp3) is 0.222. The average molecular weight is 377 g/mol. The van der Waals surface area contributed by atoms with Gasteiger partial charge in [-0.15, -0.1) is 0 Å². The van der Waals surface area contributed by atoms with E-state index in [9.17, 15) is 0 Å². The molecule has 1 N–H and O–H groups in total. The van der Waals surface area contributed by atoms with E-state index in [1.54, 1.807) is 0 Å². The third-order valence-corrected chi connectivity index (χ3v) is 6.43. The van der Waals surface area contributed by atoms with Gasteiger partial charge in [0.1, 0.15) is 0 Å². The number of allylic oxidation sites excluding steroid dienone is 10. The summed E-state index contributed by atoms with van der Waals surface area (Å²) >= 11 is 0. The first-order valence-electron chi connectivity index (χ1n) is 10.6. The van der Waals surface area contributed by atoms with E-state index < -0.39 is 0 Å². The molecule has 1 atom stereocenters. The first-order chi connectivity index (χ1) is 14.3. The Hall–Kier alpha value is -3.13. The number of hydrogen-bond acceptors (Lipinski definition) is 2. The van der Waals surface area contributed by atoms with Crippen LogP contribution in [-0.2, 0) is 6.42 Å². The zero-order valence-corrected chi connectivity index (χ0v) is 16.5. The molecule has 6 rings (SSSR count). The largest absolute Gasteiger partial charge is 0.378 e. The molecule has 0 bridgehead atoms. The maximum Gasteiger partial charge on any atom is 0.0517 e. The topological polar surface area (TPSA) is 24.4 Å². The Morgan fingerprint density at radius 1 is 0.966 bits per heavy atom. The van der Waals surface area contributed by atoms with Crippen LogP contribution in [0.3, 0.4) is 0 Å². The van der Waals surface area contributed by atoms with Crippen molar-refractivity contribution in [1.82, 2.24) is 5.32 Å². The summed E-state index contributed by atoms with van der Waals surface area (Å²) in [4.78, 5) is 4.97. The predicted octanol–water partition coefficient (Wildman–Crippen LogP) is 5.72. The first-order valence-corrected chi connectivity index (χ1v) is 10.6. The Balaban J connectivity index is 1.13. The fourth-order valence-electron chi connectivity index (χ4n) is 4.84. The van der Waals surface area contributed by atoms with Gasteiger partial charge in [-0.1, -0.05) is 60.7 Å². The molecule has 3 aliphatic carbocycles. The van der Waals surface area contributed by atoms with Gasteiger partial charge < -0.3 is 5.32 Å². The van der Waals surface area contributed by atoms with Gasteiger partial charge in [-0.25, -0.2) is 0 Å². The zero-order chi connectivity index (χ0) is 19.2. The van der Waals surface area contributed by atoms with Crippen LogP contribution in [0.15, 0.2) is 99.9 Å². The highest BCUT2D eigenvalue weighted by atomic mass is 15.0. The van der Waals surface area contributed by atoms with Gasteiger partial charge in [0.15, 0.2) is 0 Å². The third kappa shape index (κ3) is 3.09. The molecule has 0 saturated carbocycles. The Morgan fingerprint density at radius 2 is 1.93 bits per heavy atom. The average Bonchev–Trinajstić information content (AvgIpc) is 3.53. The molecule has 29 heavy (non-hydrogen) atoms. The summed E-state index contributed by atoms with van der Waals surface area (Å²) in [6.07, 6.45) is 25.5. The Kier molecular flexibility index (Phi) is 3.90. The summed E-state index contributed by atoms with van der Waals surface area (Å²) in [6, 6.07) is 7.10. The van der Waals surface area contributed by atoms with Gasteiger partial charge in [0, 0.05) is 24.2 Å². The van der Waals surface area contributed by atoms with Crippen molar-refractivity contribution in [3.05, 3.63) is 112 Å². The van der Waals surface area contributed by atoms with Crippen molar-refractivity contribution < 1.29 is 0 Å². The summed E-state index contributed by atoms with van der Waals surface area (Å²) < 4.78 is 0. The van der Waals surface area contributed by atoms with Crippen LogP contribution in [0.1, 0.15) is 42.4 Å². The highest BCUT2D eigenvalue weighted by molar-refractivity contribution is 6.03. The summed E-state index contributed by atoms with van der Waals surface area (Å²) in [5.74, 6) is 0. The number of rotatable bonds is 3. The van der Waals surface area contributed by atoms with E-state index in [1.807, 2.05) is 0 Å². The minimum absolute atomic E-state index is 0.335. The Labute approximate surface area is 172 Å². The summed E-state index contributed by atoms with van der Waals surface area (Å²) in [6.45, 7) is 0. The monoisotopic (exact) mass is 376 g/mol. The van der Waals surface area contributed by atoms with Crippen LogP contribution < -0.4 is 5.32 Å². The van der Waals surface area contributed by atoms with E-state index in [0.29, 0.717) is 6.04 Å². The van der Waals surface area contributed by atoms with Crippen LogP contribution in [0, 0.1) is 0 Å². The molecule has 0 spiro atoms. The van der Waals surface area contributed by atoms with Gasteiger partial charge in [-0.3, -0.25) is 4.99 Å². The standard InChI is InChI=1S/C27H24N2/c1-3-18-7-9-22(15-20(18)5-1)26-13-11-24(28-26)17-25-12-14-27(29-25)23-10-8-19-4-2-6-21(19)16-23/h1-4,7-9,11-12,14-16,25,29H,5-6,10,13,17H2. The van der Waals surface area contributed by atoms with E-state index in [4.69, 9.17) is 4.99 Å². The number of aliphatic imine (C=N–C) groups is 1. The summed E-state index contributed by atoms with van der Waals surface area (Å²) in [5, 5.41) is 3.71. The van der Waals surface area contributed by atoms with Crippen LogP contribution >= 0.6 is 0 Å². The summed E-state index contributed by atoms with van der Waals surface area (Å²) in [7, 11) is 0. The molecular weight excluding hydrogens is 352 g/mol. The van der Waals surface area contributed by atoms with E-state index in [1.165, 1.54) is 50.5 Å². The van der Waals surface area contributed by atoms with E-state index >= 15 is 0 Å². The second-order valence-corrected chi connectivity index (χ2v) is 8.37. The minimum Gasteiger partial charge on any atom is -0.378 e. The predicted molar refractivity (Wildman–Crippen MR) is 121 cm³/mol. The van der Waals surface area contributed by atoms with Gasteiger partial charge in [0.25, 0.3) is 0 Å².